The predicted octanol–water partition coefficient (Wildman–Crippen LogP) is 5.33. The zero-order chi connectivity index (χ0) is 19.0. The van der Waals surface area contributed by atoms with Crippen LogP contribution < -0.4 is 0 Å². The van der Waals surface area contributed by atoms with Crippen LogP contribution in [0, 0.1) is 11.8 Å². The number of ether oxygens (including phenoxy) is 2. The second-order valence-corrected chi connectivity index (χ2v) is 14.5. The highest BCUT2D eigenvalue weighted by molar-refractivity contribution is 6.82. The van der Waals surface area contributed by atoms with Crippen molar-refractivity contribution in [1.82, 2.24) is 4.90 Å². The molecule has 0 aromatic rings. The van der Waals surface area contributed by atoms with E-state index in [-0.39, 0.29) is 11.6 Å². The van der Waals surface area contributed by atoms with Crippen molar-refractivity contribution in [2.75, 3.05) is 6.61 Å². The van der Waals surface area contributed by atoms with Crippen molar-refractivity contribution in [3.05, 3.63) is 24.1 Å². The molecule has 25 heavy (non-hydrogen) atoms. The smallest absolute Gasteiger partial charge is 0.417 e. The number of carbonyl (C=O) groups is 1. The van der Waals surface area contributed by atoms with Crippen molar-refractivity contribution in [2.45, 2.75) is 77.9 Å². The van der Waals surface area contributed by atoms with E-state index in [0.717, 1.165) is 11.8 Å². The van der Waals surface area contributed by atoms with Gasteiger partial charge in [-0.3, -0.25) is 4.90 Å². The molecule has 2 atom stereocenters. The zero-order valence-electron chi connectivity index (χ0n) is 17.0. The summed E-state index contributed by atoms with van der Waals surface area (Å²) in [4.78, 5) is 14.8. The van der Waals surface area contributed by atoms with E-state index in [1.165, 1.54) is 12.8 Å². The zero-order valence-corrected chi connectivity index (χ0v) is 18.0. The third kappa shape index (κ3) is 4.37. The van der Waals surface area contributed by atoms with E-state index in [1.807, 2.05) is 27.7 Å². The summed E-state index contributed by atoms with van der Waals surface area (Å²) in [5, 5.41) is 0.884. The van der Waals surface area contributed by atoms with E-state index in [0.29, 0.717) is 18.4 Å². The van der Waals surface area contributed by atoms with Crippen LogP contribution in [0.3, 0.4) is 0 Å². The van der Waals surface area contributed by atoms with Crippen molar-refractivity contribution in [1.29, 1.82) is 0 Å². The Kier molecular flexibility index (Phi) is 5.60. The summed E-state index contributed by atoms with van der Waals surface area (Å²) in [7, 11) is -1.79. The van der Waals surface area contributed by atoms with E-state index in [1.54, 1.807) is 4.90 Å². The highest BCUT2D eigenvalue weighted by Gasteiger charge is 2.50. The molecule has 0 radical (unpaired) electrons. The molecule has 5 heteroatoms. The summed E-state index contributed by atoms with van der Waals surface area (Å²) in [5.74, 6) is 0.927. The maximum absolute atomic E-state index is 13.0. The third-order valence-corrected chi connectivity index (χ3v) is 7.08. The quantitative estimate of drug-likeness (QED) is 0.384. The largest absolute Gasteiger partial charge is 0.420 e. The molecule has 1 saturated heterocycles. The monoisotopic (exact) mass is 365 g/mol. The fourth-order valence-corrected chi connectivity index (χ4v) is 5.07. The topological polar surface area (TPSA) is 38.8 Å². The average molecular weight is 366 g/mol. The van der Waals surface area contributed by atoms with Gasteiger partial charge in [-0.2, -0.15) is 0 Å². The molecule has 0 aromatic heterocycles. The van der Waals surface area contributed by atoms with Gasteiger partial charge in [-0.05, 0) is 58.4 Å². The Hall–Kier alpha value is -1.07. The van der Waals surface area contributed by atoms with Crippen molar-refractivity contribution >= 4 is 14.2 Å². The number of hydrogen-bond donors (Lipinski definition) is 0. The Morgan fingerprint density at radius 1 is 1.20 bits per heavy atom. The van der Waals surface area contributed by atoms with Crippen molar-refractivity contribution < 1.29 is 14.3 Å². The van der Waals surface area contributed by atoms with Gasteiger partial charge in [0.1, 0.15) is 13.8 Å². The van der Waals surface area contributed by atoms with Crippen molar-refractivity contribution in [2.24, 2.45) is 11.8 Å². The van der Waals surface area contributed by atoms with Gasteiger partial charge < -0.3 is 9.47 Å². The Bertz CT molecular complexity index is 544. The molecule has 4 nitrogen and oxygen atoms in total. The van der Waals surface area contributed by atoms with Crippen LogP contribution >= 0.6 is 0 Å². The molecule has 1 saturated carbocycles. The first kappa shape index (κ1) is 20.2. The molecule has 142 valence electrons. The number of nitrogens with zero attached hydrogens (tertiary/aromatic N) is 1. The third-order valence-electron chi connectivity index (χ3n) is 5.33. The van der Waals surface area contributed by atoms with Crippen molar-refractivity contribution in [3.8, 4) is 0 Å². The van der Waals surface area contributed by atoms with Gasteiger partial charge in [-0.25, -0.2) is 4.79 Å². The summed E-state index contributed by atoms with van der Waals surface area (Å²) in [6.45, 7) is 19.0. The number of allylic oxidation sites excluding steroid dienone is 2. The van der Waals surface area contributed by atoms with Crippen LogP contribution in [0.5, 0.6) is 0 Å². The number of rotatable bonds is 4. The van der Waals surface area contributed by atoms with E-state index in [9.17, 15) is 4.79 Å². The Morgan fingerprint density at radius 2 is 1.80 bits per heavy atom. The lowest BCUT2D eigenvalue weighted by Gasteiger charge is -2.37. The molecule has 1 aliphatic heterocycles. The van der Waals surface area contributed by atoms with Crippen LogP contribution in [0.1, 0.15) is 47.0 Å². The van der Waals surface area contributed by atoms with Crippen LogP contribution in [-0.2, 0) is 9.47 Å². The van der Waals surface area contributed by atoms with Crippen LogP contribution in [0.25, 0.3) is 0 Å². The van der Waals surface area contributed by atoms with Gasteiger partial charge in [0.05, 0.1) is 17.5 Å². The summed E-state index contributed by atoms with van der Waals surface area (Å²) < 4.78 is 11.8. The maximum atomic E-state index is 13.0. The number of carbonyl (C=O) groups excluding carboxylic acids is 1. The Labute approximate surface area is 154 Å². The summed E-state index contributed by atoms with van der Waals surface area (Å²) in [6.07, 6.45) is 7.52. The number of hydrogen-bond acceptors (Lipinski definition) is 3. The highest BCUT2D eigenvalue weighted by Crippen LogP contribution is 2.38. The minimum Gasteiger partial charge on any atom is -0.420 e. The molecule has 2 aliphatic rings. The highest BCUT2D eigenvalue weighted by atomic mass is 28.3. The fourth-order valence-electron chi connectivity index (χ4n) is 3.97. The molecule has 0 bridgehead atoms. The molecule has 0 spiro atoms. The lowest BCUT2D eigenvalue weighted by molar-refractivity contribution is -0.0469. The minimum atomic E-state index is -1.79. The lowest BCUT2D eigenvalue weighted by atomic mass is 9.96. The summed E-state index contributed by atoms with van der Waals surface area (Å²) in [6, 6.07) is 0. The van der Waals surface area contributed by atoms with Crippen LogP contribution in [0.4, 0.5) is 4.79 Å². The van der Waals surface area contributed by atoms with E-state index in [4.69, 9.17) is 9.47 Å². The van der Waals surface area contributed by atoms with E-state index >= 15 is 0 Å². The fraction of sp³-hybridized carbons (Fsp3) is 0.750. The van der Waals surface area contributed by atoms with E-state index < -0.39 is 13.8 Å². The Morgan fingerprint density at radius 3 is 2.28 bits per heavy atom. The average Bonchev–Trinajstić information content (AvgIpc) is 2.98. The normalized spacial score (nSPS) is 28.9. The van der Waals surface area contributed by atoms with Gasteiger partial charge >= 0.3 is 6.09 Å². The van der Waals surface area contributed by atoms with Gasteiger partial charge in [0.15, 0.2) is 0 Å². The standard InChI is InChI=1S/C20H35NO3Si/c1-9-15-11-10-12-16(15)13-17(25(6,7)8)24-18(22)21-19(2,3)14-23-20(21,4)5/h9,13,15-16H,1,10-12,14H2,2-8H3/b17-13-/t15-,16-/m0/s1. The van der Waals surface area contributed by atoms with Crippen molar-refractivity contribution in [3.63, 3.8) is 0 Å². The molecular formula is C20H35NO3Si. The summed E-state index contributed by atoms with van der Waals surface area (Å²) in [5.41, 5.74) is -1.02. The first-order chi connectivity index (χ1) is 11.4. The first-order valence-electron chi connectivity index (χ1n) is 9.39. The van der Waals surface area contributed by atoms with Gasteiger partial charge in [-0.15, -0.1) is 6.58 Å². The van der Waals surface area contributed by atoms with Crippen LogP contribution in [-0.4, -0.2) is 36.9 Å². The molecule has 0 unspecified atom stereocenters. The second kappa shape index (κ2) is 6.91. The van der Waals surface area contributed by atoms with Crippen LogP contribution in [0.15, 0.2) is 24.1 Å². The molecule has 1 heterocycles. The SMILES string of the molecule is C=C[C@H]1CCC[C@H]1/C=C(/OC(=O)N1C(C)(C)COC1(C)C)[Si](C)(C)C. The molecule has 2 fully saturated rings. The minimum absolute atomic E-state index is 0.297. The second-order valence-electron chi connectivity index (χ2n) is 9.53. The molecule has 2 rings (SSSR count). The first-order valence-corrected chi connectivity index (χ1v) is 12.9. The lowest BCUT2D eigenvalue weighted by Crippen LogP contribution is -2.53. The Balaban J connectivity index is 2.26. The van der Waals surface area contributed by atoms with Gasteiger partial charge in [0.2, 0.25) is 0 Å². The predicted molar refractivity (Wildman–Crippen MR) is 105 cm³/mol. The number of amides is 1. The molecule has 1 aliphatic carbocycles. The molecule has 0 N–H and O–H groups in total. The summed E-state index contributed by atoms with van der Waals surface area (Å²) >= 11 is 0. The van der Waals surface area contributed by atoms with E-state index in [2.05, 4.69) is 38.4 Å². The van der Waals surface area contributed by atoms with Crippen LogP contribution in [0.2, 0.25) is 19.6 Å². The molecule has 0 aromatic carbocycles. The maximum Gasteiger partial charge on any atom is 0.417 e. The van der Waals surface area contributed by atoms with Gasteiger partial charge in [-0.1, -0.05) is 32.1 Å². The molecule has 1 amide bonds. The van der Waals surface area contributed by atoms with Gasteiger partial charge in [0, 0.05) is 0 Å². The molecular weight excluding hydrogens is 330 g/mol. The van der Waals surface area contributed by atoms with Gasteiger partial charge in [0.25, 0.3) is 0 Å².